The van der Waals surface area contributed by atoms with Crippen LogP contribution >= 0.6 is 22.9 Å². The SMILES string of the molecule is Nc1scnc1-c1cc(Cl)ccc1F. The summed E-state index contributed by atoms with van der Waals surface area (Å²) in [7, 11) is 0. The highest BCUT2D eigenvalue weighted by molar-refractivity contribution is 7.14. The lowest BCUT2D eigenvalue weighted by atomic mass is 10.1. The van der Waals surface area contributed by atoms with Gasteiger partial charge in [-0.15, -0.1) is 11.3 Å². The summed E-state index contributed by atoms with van der Waals surface area (Å²) < 4.78 is 13.4. The summed E-state index contributed by atoms with van der Waals surface area (Å²) in [5, 5.41) is 0.958. The van der Waals surface area contributed by atoms with Gasteiger partial charge in [0.1, 0.15) is 16.5 Å². The smallest absolute Gasteiger partial charge is 0.132 e. The van der Waals surface area contributed by atoms with Gasteiger partial charge in [0.15, 0.2) is 0 Å². The summed E-state index contributed by atoms with van der Waals surface area (Å²) >= 11 is 7.02. The largest absolute Gasteiger partial charge is 0.389 e. The molecule has 0 radical (unpaired) electrons. The van der Waals surface area contributed by atoms with E-state index in [0.29, 0.717) is 21.3 Å². The molecule has 2 N–H and O–H groups in total. The van der Waals surface area contributed by atoms with Crippen LogP contribution in [0.3, 0.4) is 0 Å². The molecule has 0 aliphatic heterocycles. The zero-order chi connectivity index (χ0) is 10.1. The van der Waals surface area contributed by atoms with Crippen molar-refractivity contribution in [2.75, 3.05) is 5.73 Å². The Morgan fingerprint density at radius 1 is 1.43 bits per heavy atom. The summed E-state index contributed by atoms with van der Waals surface area (Å²) in [6, 6.07) is 4.31. The molecule has 0 amide bonds. The van der Waals surface area contributed by atoms with Crippen molar-refractivity contribution < 1.29 is 4.39 Å². The molecule has 2 aromatic rings. The van der Waals surface area contributed by atoms with E-state index in [2.05, 4.69) is 4.98 Å². The monoisotopic (exact) mass is 228 g/mol. The number of hydrogen-bond donors (Lipinski definition) is 1. The van der Waals surface area contributed by atoms with E-state index >= 15 is 0 Å². The first kappa shape index (κ1) is 9.43. The lowest BCUT2D eigenvalue weighted by Gasteiger charge is -2.01. The Kier molecular flexibility index (Phi) is 2.39. The third-order valence-electron chi connectivity index (χ3n) is 1.78. The van der Waals surface area contributed by atoms with Crippen LogP contribution in [0.5, 0.6) is 0 Å². The Morgan fingerprint density at radius 2 is 2.21 bits per heavy atom. The van der Waals surface area contributed by atoms with E-state index in [-0.39, 0.29) is 5.82 Å². The molecule has 0 saturated heterocycles. The van der Waals surface area contributed by atoms with Gasteiger partial charge in [-0.25, -0.2) is 9.37 Å². The van der Waals surface area contributed by atoms with Gasteiger partial charge in [-0.2, -0.15) is 0 Å². The number of hydrogen-bond acceptors (Lipinski definition) is 3. The molecule has 1 heterocycles. The number of thiazole rings is 1. The maximum Gasteiger partial charge on any atom is 0.132 e. The van der Waals surface area contributed by atoms with E-state index in [0.717, 1.165) is 0 Å². The van der Waals surface area contributed by atoms with Crippen LogP contribution in [0.25, 0.3) is 11.3 Å². The second-order valence-corrected chi connectivity index (χ2v) is 4.01. The molecule has 0 atom stereocenters. The molecule has 2 nitrogen and oxygen atoms in total. The van der Waals surface area contributed by atoms with Gasteiger partial charge >= 0.3 is 0 Å². The zero-order valence-electron chi connectivity index (χ0n) is 7.00. The molecule has 0 saturated carbocycles. The maximum absolute atomic E-state index is 13.4. The average Bonchev–Trinajstić information content (AvgIpc) is 2.56. The quantitative estimate of drug-likeness (QED) is 0.814. The normalized spacial score (nSPS) is 10.4. The summed E-state index contributed by atoms with van der Waals surface area (Å²) in [5.74, 6) is -0.369. The van der Waals surface area contributed by atoms with Gasteiger partial charge in [0.25, 0.3) is 0 Å². The van der Waals surface area contributed by atoms with Gasteiger partial charge in [0.05, 0.1) is 5.51 Å². The molecule has 1 aromatic carbocycles. The van der Waals surface area contributed by atoms with Crippen molar-refractivity contribution in [3.63, 3.8) is 0 Å². The Balaban J connectivity index is 2.62. The fraction of sp³-hybridized carbons (Fsp3) is 0. The molecule has 72 valence electrons. The van der Waals surface area contributed by atoms with E-state index < -0.39 is 0 Å². The van der Waals surface area contributed by atoms with Crippen LogP contribution in [-0.2, 0) is 0 Å². The Labute approximate surface area is 89.2 Å². The molecule has 14 heavy (non-hydrogen) atoms. The van der Waals surface area contributed by atoms with Gasteiger partial charge in [-0.1, -0.05) is 11.6 Å². The number of nitrogen functional groups attached to an aromatic ring is 1. The molecular formula is C9H6ClFN2S. The van der Waals surface area contributed by atoms with Gasteiger partial charge < -0.3 is 5.73 Å². The van der Waals surface area contributed by atoms with E-state index in [1.54, 1.807) is 5.51 Å². The highest BCUT2D eigenvalue weighted by Crippen LogP contribution is 2.31. The van der Waals surface area contributed by atoms with Crippen LogP contribution < -0.4 is 5.73 Å². The molecule has 0 aliphatic rings. The molecule has 0 unspecified atom stereocenters. The Hall–Kier alpha value is -1.13. The van der Waals surface area contributed by atoms with Crippen LogP contribution in [0.15, 0.2) is 23.7 Å². The highest BCUT2D eigenvalue weighted by atomic mass is 35.5. The minimum absolute atomic E-state index is 0.344. The van der Waals surface area contributed by atoms with E-state index in [1.807, 2.05) is 0 Å². The minimum Gasteiger partial charge on any atom is -0.389 e. The number of aromatic nitrogens is 1. The molecule has 0 bridgehead atoms. The first-order valence-corrected chi connectivity index (χ1v) is 5.08. The van der Waals surface area contributed by atoms with Crippen molar-refractivity contribution in [1.29, 1.82) is 0 Å². The summed E-state index contributed by atoms with van der Waals surface area (Å²) in [4.78, 5) is 3.98. The lowest BCUT2D eigenvalue weighted by molar-refractivity contribution is 0.631. The van der Waals surface area contributed by atoms with Crippen molar-refractivity contribution >= 4 is 27.9 Å². The number of halogens is 2. The molecule has 0 spiro atoms. The van der Waals surface area contributed by atoms with Gasteiger partial charge in [0, 0.05) is 10.6 Å². The van der Waals surface area contributed by atoms with Crippen LogP contribution in [-0.4, -0.2) is 4.98 Å². The summed E-state index contributed by atoms with van der Waals surface area (Å²) in [6.07, 6.45) is 0. The number of benzene rings is 1. The second-order valence-electron chi connectivity index (χ2n) is 2.69. The van der Waals surface area contributed by atoms with Crippen LogP contribution in [0, 0.1) is 5.82 Å². The average molecular weight is 229 g/mol. The summed E-state index contributed by atoms with van der Waals surface area (Å²) in [6.45, 7) is 0. The second kappa shape index (κ2) is 3.55. The van der Waals surface area contributed by atoms with Crippen molar-refractivity contribution in [1.82, 2.24) is 4.98 Å². The molecular weight excluding hydrogens is 223 g/mol. The third kappa shape index (κ3) is 1.58. The Bertz CT molecular complexity index is 470. The topological polar surface area (TPSA) is 38.9 Å². The molecule has 2 rings (SSSR count). The van der Waals surface area contributed by atoms with Gasteiger partial charge in [-0.05, 0) is 18.2 Å². The zero-order valence-corrected chi connectivity index (χ0v) is 8.57. The van der Waals surface area contributed by atoms with E-state index in [1.165, 1.54) is 29.5 Å². The highest BCUT2D eigenvalue weighted by Gasteiger charge is 2.11. The molecule has 1 aromatic heterocycles. The van der Waals surface area contributed by atoms with Gasteiger partial charge in [0.2, 0.25) is 0 Å². The van der Waals surface area contributed by atoms with Crippen molar-refractivity contribution in [2.45, 2.75) is 0 Å². The van der Waals surface area contributed by atoms with Crippen LogP contribution in [0.1, 0.15) is 0 Å². The van der Waals surface area contributed by atoms with E-state index in [9.17, 15) is 4.39 Å². The van der Waals surface area contributed by atoms with Crippen LogP contribution in [0.4, 0.5) is 9.39 Å². The Morgan fingerprint density at radius 3 is 2.86 bits per heavy atom. The van der Waals surface area contributed by atoms with E-state index in [4.69, 9.17) is 17.3 Å². The number of nitrogens with two attached hydrogens (primary N) is 1. The van der Waals surface area contributed by atoms with Crippen molar-refractivity contribution in [3.05, 3.63) is 34.5 Å². The summed E-state index contributed by atoms with van der Waals surface area (Å²) in [5.41, 5.74) is 8.01. The van der Waals surface area contributed by atoms with Gasteiger partial charge in [-0.3, -0.25) is 0 Å². The van der Waals surface area contributed by atoms with Crippen LogP contribution in [0.2, 0.25) is 5.02 Å². The third-order valence-corrected chi connectivity index (χ3v) is 2.67. The van der Waals surface area contributed by atoms with Crippen molar-refractivity contribution in [3.8, 4) is 11.3 Å². The number of nitrogens with zero attached hydrogens (tertiary/aromatic N) is 1. The molecule has 5 heteroatoms. The maximum atomic E-state index is 13.4. The van der Waals surface area contributed by atoms with Crippen molar-refractivity contribution in [2.24, 2.45) is 0 Å². The first-order valence-electron chi connectivity index (χ1n) is 3.83. The number of rotatable bonds is 1. The number of anilines is 1. The molecule has 0 fully saturated rings. The molecule has 0 aliphatic carbocycles. The predicted octanol–water partition coefficient (Wildman–Crippen LogP) is 3.18. The predicted molar refractivity (Wildman–Crippen MR) is 56.9 cm³/mol. The first-order chi connectivity index (χ1) is 6.68. The fourth-order valence-corrected chi connectivity index (χ4v) is 1.85. The minimum atomic E-state index is -0.369. The standard InChI is InChI=1S/C9H6ClFN2S/c10-5-1-2-7(11)6(3-5)8-9(12)14-4-13-8/h1-4H,12H2. The fourth-order valence-electron chi connectivity index (χ4n) is 1.14. The lowest BCUT2D eigenvalue weighted by Crippen LogP contribution is -1.89.